The zero-order chi connectivity index (χ0) is 20.5. The van der Waals surface area contributed by atoms with E-state index in [1.807, 2.05) is 54.8 Å². The maximum atomic E-state index is 13.1. The summed E-state index contributed by atoms with van der Waals surface area (Å²) < 4.78 is 1.88. The molecule has 7 heteroatoms. The summed E-state index contributed by atoms with van der Waals surface area (Å²) in [5, 5.41) is 0. The molecule has 0 radical (unpaired) electrons. The monoisotopic (exact) mass is 389 g/mol. The van der Waals surface area contributed by atoms with E-state index in [0.29, 0.717) is 18.8 Å². The molecule has 148 valence electrons. The summed E-state index contributed by atoms with van der Waals surface area (Å²) in [6, 6.07) is 11.3. The van der Waals surface area contributed by atoms with Crippen LogP contribution in [0.3, 0.4) is 0 Å². The number of benzene rings is 1. The highest BCUT2D eigenvalue weighted by atomic mass is 16.2. The van der Waals surface area contributed by atoms with E-state index in [0.717, 1.165) is 28.9 Å². The first-order valence-electron chi connectivity index (χ1n) is 9.64. The molecule has 2 amide bonds. The van der Waals surface area contributed by atoms with Crippen molar-refractivity contribution in [2.45, 2.75) is 32.7 Å². The minimum Gasteiger partial charge on any atom is -0.368 e. The van der Waals surface area contributed by atoms with Crippen molar-refractivity contribution in [1.29, 1.82) is 0 Å². The third kappa shape index (κ3) is 3.63. The van der Waals surface area contributed by atoms with Crippen molar-refractivity contribution >= 4 is 11.8 Å². The molecule has 0 unspecified atom stereocenters. The summed E-state index contributed by atoms with van der Waals surface area (Å²) in [5.41, 5.74) is 9.52. The Morgan fingerprint density at radius 2 is 1.86 bits per heavy atom. The van der Waals surface area contributed by atoms with Gasteiger partial charge in [-0.05, 0) is 51.0 Å². The molecule has 3 heterocycles. The van der Waals surface area contributed by atoms with Crippen molar-refractivity contribution in [3.05, 3.63) is 65.7 Å². The van der Waals surface area contributed by atoms with Gasteiger partial charge in [-0.3, -0.25) is 19.1 Å². The number of aromatic nitrogens is 3. The Morgan fingerprint density at radius 1 is 1.10 bits per heavy atom. The summed E-state index contributed by atoms with van der Waals surface area (Å²) in [6.45, 7) is 4.45. The minimum atomic E-state index is -0.573. The fourth-order valence-electron chi connectivity index (χ4n) is 3.64. The number of primary amides is 1. The molecule has 2 aromatic heterocycles. The number of carbonyl (C=O) groups excluding carboxylic acids is 2. The lowest BCUT2D eigenvalue weighted by Gasteiger charge is -2.20. The van der Waals surface area contributed by atoms with E-state index < -0.39 is 11.9 Å². The first-order valence-corrected chi connectivity index (χ1v) is 9.64. The smallest absolute Gasteiger partial charge is 0.274 e. The molecule has 1 aliphatic rings. The number of rotatable bonds is 4. The van der Waals surface area contributed by atoms with E-state index in [1.165, 1.54) is 4.90 Å². The SMILES string of the molecule is Cc1ccc(-n2cc(C(=O)N3CCC[C@H]3C(N)=O)nc2-c2ccc(C)nc2)cc1. The predicted octanol–water partition coefficient (Wildman–Crippen LogP) is 2.64. The number of amides is 2. The van der Waals surface area contributed by atoms with Gasteiger partial charge >= 0.3 is 0 Å². The Morgan fingerprint density at radius 3 is 2.52 bits per heavy atom. The third-order valence-corrected chi connectivity index (χ3v) is 5.25. The van der Waals surface area contributed by atoms with Crippen LogP contribution in [0, 0.1) is 13.8 Å². The first-order chi connectivity index (χ1) is 13.9. The molecule has 0 aliphatic carbocycles. The van der Waals surface area contributed by atoms with Gasteiger partial charge < -0.3 is 10.6 Å². The van der Waals surface area contributed by atoms with Gasteiger partial charge in [0, 0.05) is 35.9 Å². The van der Waals surface area contributed by atoms with Crippen LogP contribution in [0.5, 0.6) is 0 Å². The second kappa shape index (κ2) is 7.50. The van der Waals surface area contributed by atoms with Crippen LogP contribution in [0.2, 0.25) is 0 Å². The normalized spacial score (nSPS) is 16.2. The van der Waals surface area contributed by atoms with Crippen molar-refractivity contribution in [2.75, 3.05) is 6.54 Å². The van der Waals surface area contributed by atoms with Crippen LogP contribution in [-0.2, 0) is 4.79 Å². The number of hydrogen-bond acceptors (Lipinski definition) is 4. The number of pyridine rings is 1. The number of aryl methyl sites for hydroxylation is 2. The van der Waals surface area contributed by atoms with Crippen LogP contribution >= 0.6 is 0 Å². The quantitative estimate of drug-likeness (QED) is 0.742. The molecule has 1 aromatic carbocycles. The van der Waals surface area contributed by atoms with Gasteiger partial charge in [0.05, 0.1) is 0 Å². The van der Waals surface area contributed by atoms with Crippen molar-refractivity contribution in [3.63, 3.8) is 0 Å². The Bertz CT molecular complexity index is 991. The number of likely N-dealkylation sites (tertiary alicyclic amines) is 1. The lowest BCUT2D eigenvalue weighted by Crippen LogP contribution is -2.43. The zero-order valence-electron chi connectivity index (χ0n) is 16.5. The molecular formula is C22H23N5O2. The van der Waals surface area contributed by atoms with E-state index >= 15 is 0 Å². The van der Waals surface area contributed by atoms with E-state index in [1.54, 1.807) is 12.4 Å². The Kier molecular flexibility index (Phi) is 4.88. The van der Waals surface area contributed by atoms with Gasteiger partial charge in [0.25, 0.3) is 5.91 Å². The van der Waals surface area contributed by atoms with Crippen LogP contribution in [-0.4, -0.2) is 43.8 Å². The van der Waals surface area contributed by atoms with E-state index in [4.69, 9.17) is 5.73 Å². The Balaban J connectivity index is 1.79. The highest BCUT2D eigenvalue weighted by Crippen LogP contribution is 2.26. The lowest BCUT2D eigenvalue weighted by atomic mass is 10.2. The van der Waals surface area contributed by atoms with E-state index in [9.17, 15) is 9.59 Å². The molecule has 1 saturated heterocycles. The highest BCUT2D eigenvalue weighted by molar-refractivity contribution is 5.96. The molecular weight excluding hydrogens is 366 g/mol. The molecule has 0 saturated carbocycles. The number of nitrogens with two attached hydrogens (primary N) is 1. The van der Waals surface area contributed by atoms with E-state index in [-0.39, 0.29) is 11.6 Å². The first kappa shape index (κ1) is 18.9. The van der Waals surface area contributed by atoms with Crippen molar-refractivity contribution in [1.82, 2.24) is 19.4 Å². The summed E-state index contributed by atoms with van der Waals surface area (Å²) >= 11 is 0. The molecule has 7 nitrogen and oxygen atoms in total. The van der Waals surface area contributed by atoms with Gasteiger partial charge in [-0.1, -0.05) is 17.7 Å². The lowest BCUT2D eigenvalue weighted by molar-refractivity contribution is -0.121. The predicted molar refractivity (Wildman–Crippen MR) is 110 cm³/mol. The fourth-order valence-corrected chi connectivity index (χ4v) is 3.64. The van der Waals surface area contributed by atoms with E-state index in [2.05, 4.69) is 9.97 Å². The number of hydrogen-bond donors (Lipinski definition) is 1. The zero-order valence-corrected chi connectivity index (χ0v) is 16.5. The summed E-state index contributed by atoms with van der Waals surface area (Å²) in [6.07, 6.45) is 4.82. The number of nitrogens with zero attached hydrogens (tertiary/aromatic N) is 4. The standard InChI is InChI=1S/C22H23N5O2/c1-14-5-9-17(10-6-14)27-13-18(22(29)26-11-3-4-19(26)20(23)28)25-21(27)16-8-7-15(2)24-12-16/h5-10,12-13,19H,3-4,11H2,1-2H3,(H2,23,28)/t19-/m0/s1. The Labute approximate surface area is 169 Å². The molecule has 2 N–H and O–H groups in total. The maximum Gasteiger partial charge on any atom is 0.274 e. The topological polar surface area (TPSA) is 94.1 Å². The molecule has 29 heavy (non-hydrogen) atoms. The van der Waals surface area contributed by atoms with Gasteiger partial charge in [0.2, 0.25) is 5.91 Å². The second-order valence-corrected chi connectivity index (χ2v) is 7.40. The average Bonchev–Trinajstić information content (AvgIpc) is 3.36. The Hall–Kier alpha value is -3.48. The van der Waals surface area contributed by atoms with Gasteiger partial charge in [0.1, 0.15) is 17.6 Å². The maximum absolute atomic E-state index is 13.1. The van der Waals surface area contributed by atoms with Crippen molar-refractivity contribution in [3.8, 4) is 17.1 Å². The van der Waals surface area contributed by atoms with Crippen LogP contribution < -0.4 is 5.73 Å². The van der Waals surface area contributed by atoms with Crippen LogP contribution in [0.25, 0.3) is 17.1 Å². The number of carbonyl (C=O) groups is 2. The average molecular weight is 389 g/mol. The van der Waals surface area contributed by atoms with Gasteiger partial charge in [-0.2, -0.15) is 0 Å². The molecule has 0 spiro atoms. The largest absolute Gasteiger partial charge is 0.368 e. The minimum absolute atomic E-state index is 0.279. The van der Waals surface area contributed by atoms with Gasteiger partial charge in [0.15, 0.2) is 0 Å². The van der Waals surface area contributed by atoms with Gasteiger partial charge in [-0.15, -0.1) is 0 Å². The second-order valence-electron chi connectivity index (χ2n) is 7.40. The molecule has 3 aromatic rings. The number of imidazole rings is 1. The van der Waals surface area contributed by atoms with Gasteiger partial charge in [-0.25, -0.2) is 4.98 Å². The molecule has 1 atom stereocenters. The van der Waals surface area contributed by atoms with Crippen molar-refractivity contribution < 1.29 is 9.59 Å². The summed E-state index contributed by atoms with van der Waals surface area (Å²) in [4.78, 5) is 35.4. The van der Waals surface area contributed by atoms with Crippen molar-refractivity contribution in [2.24, 2.45) is 5.73 Å². The summed E-state index contributed by atoms with van der Waals surface area (Å²) in [7, 11) is 0. The van der Waals surface area contributed by atoms with Crippen LogP contribution in [0.15, 0.2) is 48.8 Å². The highest BCUT2D eigenvalue weighted by Gasteiger charge is 2.34. The molecule has 4 rings (SSSR count). The molecule has 1 aliphatic heterocycles. The third-order valence-electron chi connectivity index (χ3n) is 5.25. The molecule has 1 fully saturated rings. The summed E-state index contributed by atoms with van der Waals surface area (Å²) in [5.74, 6) is -0.130. The fraction of sp³-hybridized carbons (Fsp3) is 0.273. The molecule has 0 bridgehead atoms. The van der Waals surface area contributed by atoms with Crippen LogP contribution in [0.1, 0.15) is 34.6 Å². The van der Waals surface area contributed by atoms with Crippen LogP contribution in [0.4, 0.5) is 0 Å².